The van der Waals surface area contributed by atoms with Crippen molar-refractivity contribution in [3.05, 3.63) is 16.1 Å². The van der Waals surface area contributed by atoms with Gasteiger partial charge in [-0.05, 0) is 19.8 Å². The quantitative estimate of drug-likeness (QED) is 0.495. The Bertz CT molecular complexity index is 460. The number of nitrogens with one attached hydrogen (secondary N) is 1. The number of rotatable bonds is 6. The van der Waals surface area contributed by atoms with Crippen LogP contribution in [0.1, 0.15) is 23.5 Å². The monoisotopic (exact) mass is 310 g/mol. The Labute approximate surface area is 131 Å². The highest BCUT2D eigenvalue weighted by Crippen LogP contribution is 2.16. The molecule has 6 heteroatoms. The first-order valence-corrected chi connectivity index (χ1v) is 8.46. The number of aryl methyl sites for hydroxylation is 2. The maximum atomic E-state index is 5.24. The van der Waals surface area contributed by atoms with Crippen LogP contribution in [0.3, 0.4) is 0 Å². The molecule has 1 saturated heterocycles. The van der Waals surface area contributed by atoms with Crippen LogP contribution in [-0.4, -0.2) is 56.2 Å². The van der Waals surface area contributed by atoms with Gasteiger partial charge in [0.1, 0.15) is 0 Å². The third-order valence-corrected chi connectivity index (χ3v) is 4.74. The van der Waals surface area contributed by atoms with Crippen molar-refractivity contribution in [1.82, 2.24) is 15.2 Å². The predicted octanol–water partition coefficient (Wildman–Crippen LogP) is 1.93. The van der Waals surface area contributed by atoms with Gasteiger partial charge in [0, 0.05) is 57.2 Å². The molecule has 1 fully saturated rings. The van der Waals surface area contributed by atoms with Crippen molar-refractivity contribution in [3.63, 3.8) is 0 Å². The third-order valence-electron chi connectivity index (χ3n) is 3.72. The zero-order valence-corrected chi connectivity index (χ0v) is 14.1. The molecule has 0 bridgehead atoms. The number of ether oxygens (including phenoxy) is 1. The summed E-state index contributed by atoms with van der Waals surface area (Å²) in [7, 11) is 3.63. The van der Waals surface area contributed by atoms with Crippen LogP contribution in [0.15, 0.2) is 10.4 Å². The van der Waals surface area contributed by atoms with Crippen molar-refractivity contribution in [3.8, 4) is 0 Å². The van der Waals surface area contributed by atoms with E-state index in [9.17, 15) is 0 Å². The fourth-order valence-corrected chi connectivity index (χ4v) is 3.50. The first-order chi connectivity index (χ1) is 10.2. The zero-order valence-electron chi connectivity index (χ0n) is 13.3. The van der Waals surface area contributed by atoms with E-state index in [-0.39, 0.29) is 0 Å². The van der Waals surface area contributed by atoms with Crippen LogP contribution in [-0.2, 0) is 11.2 Å². The fourth-order valence-electron chi connectivity index (χ4n) is 2.69. The fraction of sp³-hybridized carbons (Fsp3) is 0.733. The van der Waals surface area contributed by atoms with Gasteiger partial charge in [0.05, 0.1) is 11.6 Å². The Kier molecular flexibility index (Phi) is 6.45. The van der Waals surface area contributed by atoms with Crippen molar-refractivity contribution in [2.45, 2.75) is 26.2 Å². The lowest BCUT2D eigenvalue weighted by Crippen LogP contribution is -2.40. The van der Waals surface area contributed by atoms with E-state index < -0.39 is 0 Å². The highest BCUT2D eigenvalue weighted by Gasteiger charge is 2.24. The lowest BCUT2D eigenvalue weighted by atomic mass is 10.1. The number of thiazole rings is 1. The molecule has 0 aliphatic carbocycles. The zero-order chi connectivity index (χ0) is 15.1. The summed E-state index contributed by atoms with van der Waals surface area (Å²) in [5.74, 6) is 1.65. The van der Waals surface area contributed by atoms with Gasteiger partial charge < -0.3 is 15.0 Å². The Morgan fingerprint density at radius 1 is 1.62 bits per heavy atom. The van der Waals surface area contributed by atoms with E-state index in [1.165, 1.54) is 11.4 Å². The molecular weight excluding hydrogens is 284 g/mol. The highest BCUT2D eigenvalue weighted by molar-refractivity contribution is 7.09. The van der Waals surface area contributed by atoms with Crippen LogP contribution < -0.4 is 5.32 Å². The number of methoxy groups -OCH3 is 1. The smallest absolute Gasteiger partial charge is 0.193 e. The summed E-state index contributed by atoms with van der Waals surface area (Å²) in [5.41, 5.74) is 1.13. The van der Waals surface area contributed by atoms with E-state index in [0.29, 0.717) is 5.92 Å². The second kappa shape index (κ2) is 8.34. The van der Waals surface area contributed by atoms with Gasteiger partial charge in [-0.15, -0.1) is 11.3 Å². The summed E-state index contributed by atoms with van der Waals surface area (Å²) in [4.78, 5) is 11.2. The van der Waals surface area contributed by atoms with Gasteiger partial charge >= 0.3 is 0 Å². The maximum Gasteiger partial charge on any atom is 0.193 e. The molecule has 1 aliphatic rings. The van der Waals surface area contributed by atoms with Gasteiger partial charge in [-0.3, -0.25) is 4.99 Å². The molecule has 1 atom stereocenters. The molecule has 0 aromatic carbocycles. The first kappa shape index (κ1) is 16.2. The average Bonchev–Trinajstić information content (AvgIpc) is 3.09. The van der Waals surface area contributed by atoms with E-state index in [1.54, 1.807) is 18.4 Å². The molecule has 0 saturated carbocycles. The molecule has 1 unspecified atom stereocenters. The van der Waals surface area contributed by atoms with Crippen molar-refractivity contribution >= 4 is 17.3 Å². The minimum atomic E-state index is 0.631. The number of aliphatic imine (C=N–C) groups is 1. The standard InChI is InChI=1S/C15H26N4OS/c1-12-11-21-14(18-12)5-4-7-17-15(16-2)19-8-6-13(9-19)10-20-3/h11,13H,4-10H2,1-3H3,(H,16,17). The number of guanidine groups is 1. The molecule has 0 spiro atoms. The van der Waals surface area contributed by atoms with E-state index in [0.717, 1.165) is 50.7 Å². The number of hydrogen-bond donors (Lipinski definition) is 1. The minimum Gasteiger partial charge on any atom is -0.384 e. The summed E-state index contributed by atoms with van der Waals surface area (Å²) >= 11 is 1.75. The van der Waals surface area contributed by atoms with Gasteiger partial charge in [-0.2, -0.15) is 0 Å². The molecule has 0 radical (unpaired) electrons. The highest BCUT2D eigenvalue weighted by atomic mass is 32.1. The normalized spacial score (nSPS) is 19.3. The van der Waals surface area contributed by atoms with E-state index >= 15 is 0 Å². The summed E-state index contributed by atoms with van der Waals surface area (Å²) in [6.07, 6.45) is 3.31. The van der Waals surface area contributed by atoms with Crippen LogP contribution in [0.5, 0.6) is 0 Å². The van der Waals surface area contributed by atoms with Gasteiger partial charge in [0.2, 0.25) is 0 Å². The molecule has 0 amide bonds. The number of aromatic nitrogens is 1. The Hall–Kier alpha value is -1.14. The summed E-state index contributed by atoms with van der Waals surface area (Å²) in [6.45, 7) is 5.94. The molecule has 1 aromatic heterocycles. The Balaban J connectivity index is 1.68. The second-order valence-electron chi connectivity index (χ2n) is 5.52. The van der Waals surface area contributed by atoms with Crippen molar-refractivity contribution in [1.29, 1.82) is 0 Å². The second-order valence-corrected chi connectivity index (χ2v) is 6.46. The number of likely N-dealkylation sites (tertiary alicyclic amines) is 1. The third kappa shape index (κ3) is 4.97. The summed E-state index contributed by atoms with van der Waals surface area (Å²) < 4.78 is 5.24. The van der Waals surface area contributed by atoms with E-state index in [4.69, 9.17) is 4.74 Å². The van der Waals surface area contributed by atoms with E-state index in [1.807, 2.05) is 14.0 Å². The average molecular weight is 310 g/mol. The van der Waals surface area contributed by atoms with Gasteiger partial charge in [0.25, 0.3) is 0 Å². The lowest BCUT2D eigenvalue weighted by Gasteiger charge is -2.21. The molecule has 1 aromatic rings. The maximum absolute atomic E-state index is 5.24. The topological polar surface area (TPSA) is 49.8 Å². The SMILES string of the molecule is CN=C(NCCCc1nc(C)cs1)N1CCC(COC)C1. The van der Waals surface area contributed by atoms with Crippen molar-refractivity contribution in [2.75, 3.05) is 40.4 Å². The predicted molar refractivity (Wildman–Crippen MR) is 88.1 cm³/mol. The number of nitrogens with zero attached hydrogens (tertiary/aromatic N) is 3. The molecule has 2 heterocycles. The largest absolute Gasteiger partial charge is 0.384 e. The number of hydrogen-bond acceptors (Lipinski definition) is 4. The van der Waals surface area contributed by atoms with Crippen LogP contribution in [0.2, 0.25) is 0 Å². The minimum absolute atomic E-state index is 0.631. The molecular formula is C15H26N4OS. The van der Waals surface area contributed by atoms with Crippen LogP contribution in [0.25, 0.3) is 0 Å². The van der Waals surface area contributed by atoms with Crippen LogP contribution in [0, 0.1) is 12.8 Å². The van der Waals surface area contributed by atoms with Gasteiger partial charge in [-0.25, -0.2) is 4.98 Å². The lowest BCUT2D eigenvalue weighted by molar-refractivity contribution is 0.157. The first-order valence-electron chi connectivity index (χ1n) is 7.58. The van der Waals surface area contributed by atoms with Crippen LogP contribution in [0.4, 0.5) is 0 Å². The Morgan fingerprint density at radius 2 is 2.48 bits per heavy atom. The van der Waals surface area contributed by atoms with Crippen LogP contribution >= 0.6 is 11.3 Å². The van der Waals surface area contributed by atoms with Gasteiger partial charge in [0.15, 0.2) is 5.96 Å². The van der Waals surface area contributed by atoms with E-state index in [2.05, 4.69) is 25.6 Å². The Morgan fingerprint density at radius 3 is 3.14 bits per heavy atom. The molecule has 1 aliphatic heterocycles. The van der Waals surface area contributed by atoms with Crippen molar-refractivity contribution in [2.24, 2.45) is 10.9 Å². The molecule has 5 nitrogen and oxygen atoms in total. The molecule has 21 heavy (non-hydrogen) atoms. The van der Waals surface area contributed by atoms with Gasteiger partial charge in [-0.1, -0.05) is 0 Å². The molecule has 118 valence electrons. The molecule has 2 rings (SSSR count). The van der Waals surface area contributed by atoms with Crippen molar-refractivity contribution < 1.29 is 4.74 Å². The summed E-state index contributed by atoms with van der Waals surface area (Å²) in [6, 6.07) is 0. The summed E-state index contributed by atoms with van der Waals surface area (Å²) in [5, 5.41) is 6.80. The molecule has 1 N–H and O–H groups in total.